The number of epoxide rings is 1. The van der Waals surface area contributed by atoms with E-state index in [-0.39, 0.29) is 12.5 Å². The van der Waals surface area contributed by atoms with Crippen LogP contribution >= 0.6 is 0 Å². The smallest absolute Gasteiger partial charge is 0.338 e. The van der Waals surface area contributed by atoms with Crippen LogP contribution in [-0.2, 0) is 23.9 Å². The van der Waals surface area contributed by atoms with Gasteiger partial charge in [-0.1, -0.05) is 55.8 Å². The van der Waals surface area contributed by atoms with Gasteiger partial charge in [-0.15, -0.1) is 0 Å². The van der Waals surface area contributed by atoms with Gasteiger partial charge in [0.15, 0.2) is 12.2 Å². The van der Waals surface area contributed by atoms with Crippen LogP contribution in [0.3, 0.4) is 0 Å². The van der Waals surface area contributed by atoms with Gasteiger partial charge in [0.2, 0.25) is 5.91 Å². The Balaban J connectivity index is 1.45. The van der Waals surface area contributed by atoms with Crippen LogP contribution in [0.1, 0.15) is 32.3 Å². The number of rotatable bonds is 10. The highest BCUT2D eigenvalue weighted by atomic mass is 16.6. The lowest BCUT2D eigenvalue weighted by Crippen LogP contribution is -2.55. The Morgan fingerprint density at radius 2 is 1.84 bits per heavy atom. The first kappa shape index (κ1) is 23.9. The number of carbonyl (C=O) groups is 3. The van der Waals surface area contributed by atoms with Gasteiger partial charge in [-0.05, 0) is 18.9 Å². The summed E-state index contributed by atoms with van der Waals surface area (Å²) < 4.78 is 10.0. The van der Waals surface area contributed by atoms with Gasteiger partial charge < -0.3 is 19.7 Å². The highest BCUT2D eigenvalue weighted by Crippen LogP contribution is 2.24. The van der Waals surface area contributed by atoms with Gasteiger partial charge in [-0.2, -0.15) is 0 Å². The number of esters is 1. The Morgan fingerprint density at radius 1 is 1.12 bits per heavy atom. The maximum Gasteiger partial charge on any atom is 0.338 e. The molecule has 1 aromatic carbocycles. The molecule has 0 aliphatic carbocycles. The van der Waals surface area contributed by atoms with Crippen LogP contribution in [0.2, 0.25) is 0 Å². The Bertz CT molecular complexity index is 805. The van der Waals surface area contributed by atoms with E-state index in [1.165, 1.54) is 5.56 Å². The average Bonchev–Trinajstić information content (AvgIpc) is 3.61. The molecule has 2 aliphatic heterocycles. The summed E-state index contributed by atoms with van der Waals surface area (Å²) in [6.07, 6.45) is 3.82. The van der Waals surface area contributed by atoms with E-state index in [0.29, 0.717) is 19.5 Å². The average molecular weight is 444 g/mol. The van der Waals surface area contributed by atoms with Gasteiger partial charge in [0, 0.05) is 32.7 Å². The highest BCUT2D eigenvalue weighted by molar-refractivity contribution is 5.95. The zero-order valence-corrected chi connectivity index (χ0v) is 18.9. The second-order valence-corrected chi connectivity index (χ2v) is 8.02. The number of hydrogen-bond donors (Lipinski definition) is 1. The fraction of sp³-hybridized carbons (Fsp3) is 0.542. The first-order valence-electron chi connectivity index (χ1n) is 11.4. The molecule has 2 saturated heterocycles. The maximum atomic E-state index is 13.0. The standard InChI is InChI=1S/C24H33N3O5/c1-3-9-19(25-22(28)20-21(32-20)24(30)31-4-2)23(29)27-16-14-26(15-17-27)13-8-12-18-10-6-5-7-11-18/h5-8,10-12,19-21H,3-4,9,13-17H2,1-2H3,(H,25,28)/t19-,20+,21+/m0/s1. The van der Waals surface area contributed by atoms with E-state index in [9.17, 15) is 14.4 Å². The van der Waals surface area contributed by atoms with Gasteiger partial charge >= 0.3 is 5.97 Å². The molecule has 0 radical (unpaired) electrons. The van der Waals surface area contributed by atoms with Crippen molar-refractivity contribution in [3.8, 4) is 0 Å². The minimum atomic E-state index is -0.866. The zero-order chi connectivity index (χ0) is 22.9. The first-order chi connectivity index (χ1) is 15.5. The molecule has 1 aromatic rings. The van der Waals surface area contributed by atoms with Crippen molar-refractivity contribution < 1.29 is 23.9 Å². The van der Waals surface area contributed by atoms with Crippen molar-refractivity contribution in [2.45, 2.75) is 44.9 Å². The number of amides is 2. The number of ether oxygens (including phenoxy) is 2. The van der Waals surface area contributed by atoms with Gasteiger partial charge in [0.05, 0.1) is 6.61 Å². The predicted molar refractivity (Wildman–Crippen MR) is 121 cm³/mol. The number of nitrogens with one attached hydrogen (secondary N) is 1. The van der Waals surface area contributed by atoms with E-state index in [1.54, 1.807) is 6.92 Å². The van der Waals surface area contributed by atoms with E-state index < -0.39 is 30.1 Å². The molecular weight excluding hydrogens is 410 g/mol. The Morgan fingerprint density at radius 3 is 2.50 bits per heavy atom. The second kappa shape index (κ2) is 11.8. The molecule has 0 aromatic heterocycles. The summed E-state index contributed by atoms with van der Waals surface area (Å²) in [5.74, 6) is -1.05. The quantitative estimate of drug-likeness (QED) is 0.435. The highest BCUT2D eigenvalue weighted by Gasteiger charge is 2.52. The Hall–Kier alpha value is -2.71. The van der Waals surface area contributed by atoms with E-state index in [0.717, 1.165) is 26.1 Å². The molecule has 2 fully saturated rings. The summed E-state index contributed by atoms with van der Waals surface area (Å²) in [7, 11) is 0. The molecule has 8 heteroatoms. The van der Waals surface area contributed by atoms with Crippen molar-refractivity contribution in [1.82, 2.24) is 15.1 Å². The molecule has 0 saturated carbocycles. The van der Waals surface area contributed by atoms with Gasteiger partial charge in [0.1, 0.15) is 6.04 Å². The number of carbonyl (C=O) groups excluding carboxylic acids is 3. The Kier molecular flexibility index (Phi) is 8.81. The third-order valence-electron chi connectivity index (χ3n) is 5.62. The number of benzene rings is 1. The molecule has 8 nitrogen and oxygen atoms in total. The van der Waals surface area contributed by atoms with Crippen LogP contribution in [-0.4, -0.2) is 85.2 Å². The summed E-state index contributed by atoms with van der Waals surface area (Å²) in [4.78, 5) is 41.3. The first-order valence-corrected chi connectivity index (χ1v) is 11.4. The Labute approximate surface area is 189 Å². The monoisotopic (exact) mass is 443 g/mol. The normalized spacial score (nSPS) is 21.9. The molecule has 174 valence electrons. The van der Waals surface area contributed by atoms with Crippen LogP contribution in [0.25, 0.3) is 6.08 Å². The van der Waals surface area contributed by atoms with Crippen molar-refractivity contribution in [3.05, 3.63) is 42.0 Å². The lowest BCUT2D eigenvalue weighted by atomic mass is 10.1. The lowest BCUT2D eigenvalue weighted by molar-refractivity contribution is -0.144. The number of piperazine rings is 1. The third-order valence-corrected chi connectivity index (χ3v) is 5.62. The zero-order valence-electron chi connectivity index (χ0n) is 18.9. The van der Waals surface area contributed by atoms with Crippen LogP contribution in [0.15, 0.2) is 36.4 Å². The molecule has 0 spiro atoms. The van der Waals surface area contributed by atoms with Crippen LogP contribution in [0.4, 0.5) is 0 Å². The number of hydrogen-bond acceptors (Lipinski definition) is 6. The summed E-state index contributed by atoms with van der Waals surface area (Å²) in [5.41, 5.74) is 1.17. The van der Waals surface area contributed by atoms with E-state index in [4.69, 9.17) is 9.47 Å². The lowest BCUT2D eigenvalue weighted by Gasteiger charge is -2.36. The van der Waals surface area contributed by atoms with E-state index in [1.807, 2.05) is 30.0 Å². The minimum absolute atomic E-state index is 0.0759. The molecule has 2 heterocycles. The fourth-order valence-corrected chi connectivity index (χ4v) is 3.79. The SMILES string of the molecule is CCC[C@H](NC(=O)[C@@H]1O[C@H]1C(=O)OCC)C(=O)N1CCN(CC=Cc2ccccc2)CC1. The van der Waals surface area contributed by atoms with Crippen molar-refractivity contribution in [2.24, 2.45) is 0 Å². The predicted octanol–water partition coefficient (Wildman–Crippen LogP) is 1.46. The van der Waals surface area contributed by atoms with Crippen molar-refractivity contribution >= 4 is 23.9 Å². The van der Waals surface area contributed by atoms with Crippen LogP contribution in [0.5, 0.6) is 0 Å². The summed E-state index contributed by atoms with van der Waals surface area (Å²) in [5, 5.41) is 2.78. The molecule has 3 rings (SSSR count). The molecule has 0 unspecified atom stereocenters. The largest absolute Gasteiger partial charge is 0.464 e. The third kappa shape index (κ3) is 6.64. The van der Waals surface area contributed by atoms with E-state index >= 15 is 0 Å². The molecular formula is C24H33N3O5. The number of nitrogens with zero attached hydrogens (tertiary/aromatic N) is 2. The molecule has 2 aliphatic rings. The molecule has 2 amide bonds. The van der Waals surface area contributed by atoms with Crippen LogP contribution < -0.4 is 5.32 Å². The second-order valence-electron chi connectivity index (χ2n) is 8.02. The van der Waals surface area contributed by atoms with Crippen LogP contribution in [0, 0.1) is 0 Å². The van der Waals surface area contributed by atoms with Gasteiger partial charge in [-0.25, -0.2) is 4.79 Å². The van der Waals surface area contributed by atoms with Gasteiger partial charge in [0.25, 0.3) is 5.91 Å². The maximum absolute atomic E-state index is 13.0. The molecule has 3 atom stereocenters. The van der Waals surface area contributed by atoms with Crippen molar-refractivity contribution in [2.75, 3.05) is 39.3 Å². The topological polar surface area (TPSA) is 91.5 Å². The summed E-state index contributed by atoms with van der Waals surface area (Å²) >= 11 is 0. The van der Waals surface area contributed by atoms with Crippen molar-refractivity contribution in [3.63, 3.8) is 0 Å². The minimum Gasteiger partial charge on any atom is -0.464 e. The molecule has 1 N–H and O–H groups in total. The molecule has 0 bridgehead atoms. The van der Waals surface area contributed by atoms with E-state index in [2.05, 4.69) is 34.5 Å². The van der Waals surface area contributed by atoms with Crippen molar-refractivity contribution in [1.29, 1.82) is 0 Å². The fourth-order valence-electron chi connectivity index (χ4n) is 3.79. The summed E-state index contributed by atoms with van der Waals surface area (Å²) in [6.45, 7) is 7.56. The van der Waals surface area contributed by atoms with Gasteiger partial charge in [-0.3, -0.25) is 14.5 Å². The molecule has 32 heavy (non-hydrogen) atoms. The summed E-state index contributed by atoms with van der Waals surface area (Å²) in [6, 6.07) is 9.56.